The third-order valence-corrected chi connectivity index (χ3v) is 7.63. The van der Waals surface area contributed by atoms with Crippen molar-refractivity contribution in [3.05, 3.63) is 70.9 Å². The first-order valence-electron chi connectivity index (χ1n) is 12.9. The lowest BCUT2D eigenvalue weighted by Crippen LogP contribution is -2.59. The molecule has 3 amide bonds. The van der Waals surface area contributed by atoms with Crippen LogP contribution in [0, 0.1) is 11.8 Å². The molecular weight excluding hydrogens is 484 g/mol. The minimum absolute atomic E-state index is 0.230. The van der Waals surface area contributed by atoms with E-state index in [0.29, 0.717) is 5.56 Å². The van der Waals surface area contributed by atoms with Gasteiger partial charge in [-0.25, -0.2) is 4.79 Å². The highest BCUT2D eigenvalue weighted by Crippen LogP contribution is 2.46. The molecule has 38 heavy (non-hydrogen) atoms. The quantitative estimate of drug-likeness (QED) is 0.383. The van der Waals surface area contributed by atoms with Gasteiger partial charge in [-0.1, -0.05) is 64.1 Å². The fourth-order valence-electron chi connectivity index (χ4n) is 5.68. The molecule has 198 valence electrons. The zero-order valence-corrected chi connectivity index (χ0v) is 21.8. The monoisotopic (exact) mass is 516 g/mol. The summed E-state index contributed by atoms with van der Waals surface area (Å²) in [5.41, 5.74) is 4.20. The summed E-state index contributed by atoms with van der Waals surface area (Å²) >= 11 is 0. The van der Waals surface area contributed by atoms with E-state index in [4.69, 9.17) is 0 Å². The third kappa shape index (κ3) is 4.12. The Kier molecular flexibility index (Phi) is 6.46. The highest BCUT2D eigenvalue weighted by atomic mass is 16.4. The van der Waals surface area contributed by atoms with Crippen LogP contribution < -0.4 is 10.6 Å². The number of aliphatic carboxylic acids is 1. The molecule has 3 heterocycles. The van der Waals surface area contributed by atoms with Crippen LogP contribution in [0.3, 0.4) is 0 Å². The first kappa shape index (κ1) is 25.5. The number of hydrogen-bond acceptors (Lipinski definition) is 4. The lowest BCUT2D eigenvalue weighted by molar-refractivity contribution is -0.143. The van der Waals surface area contributed by atoms with E-state index >= 15 is 0 Å². The van der Waals surface area contributed by atoms with Gasteiger partial charge in [0.05, 0.1) is 6.04 Å². The summed E-state index contributed by atoms with van der Waals surface area (Å²) in [6.07, 6.45) is 0.289. The van der Waals surface area contributed by atoms with Crippen molar-refractivity contribution in [2.75, 3.05) is 0 Å². The van der Waals surface area contributed by atoms with Crippen LogP contribution in [0.5, 0.6) is 0 Å². The molecule has 0 unspecified atom stereocenters. The number of carboxylic acid groups (broad SMARTS) is 1. The number of nitrogens with one attached hydrogen (secondary N) is 3. The van der Waals surface area contributed by atoms with E-state index in [-0.39, 0.29) is 24.2 Å². The van der Waals surface area contributed by atoms with Crippen LogP contribution in [-0.4, -0.2) is 56.8 Å². The zero-order valence-electron chi connectivity index (χ0n) is 21.8. The number of aromatic nitrogens is 1. The van der Waals surface area contributed by atoms with Gasteiger partial charge in [0.2, 0.25) is 11.8 Å². The molecule has 0 bridgehead atoms. The summed E-state index contributed by atoms with van der Waals surface area (Å²) in [5, 5.41) is 15.9. The second kappa shape index (κ2) is 9.63. The number of rotatable bonds is 7. The average molecular weight is 517 g/mol. The number of hydrogen-bond donors (Lipinski definition) is 4. The van der Waals surface area contributed by atoms with Crippen molar-refractivity contribution >= 4 is 34.6 Å². The second-order valence-corrected chi connectivity index (χ2v) is 10.8. The molecule has 0 fully saturated rings. The number of carboxylic acids is 1. The van der Waals surface area contributed by atoms with Gasteiger partial charge in [-0.15, -0.1) is 0 Å². The number of carbonyl (C=O) groups is 4. The van der Waals surface area contributed by atoms with E-state index in [1.807, 2.05) is 42.5 Å². The number of para-hydroxylation sites is 1. The number of H-pyrrole nitrogens is 1. The predicted molar refractivity (Wildman–Crippen MR) is 141 cm³/mol. The van der Waals surface area contributed by atoms with Gasteiger partial charge in [-0.3, -0.25) is 14.4 Å². The fourth-order valence-corrected chi connectivity index (χ4v) is 5.68. The van der Waals surface area contributed by atoms with Crippen molar-refractivity contribution in [1.29, 1.82) is 0 Å². The van der Waals surface area contributed by atoms with Gasteiger partial charge in [0.1, 0.15) is 18.1 Å². The molecule has 2 aliphatic rings. The molecule has 5 rings (SSSR count). The Hall–Kier alpha value is -4.14. The lowest BCUT2D eigenvalue weighted by atomic mass is 9.89. The SMILES string of the molecule is CC(C)[C@H](NC(=O)[C@H](NC(=O)[C@H]1Cc2c([nH]c3ccccc23)[C@H]2c3ccccc3C(=O)N21)C(C)C)C(=O)O. The molecule has 9 nitrogen and oxygen atoms in total. The number of benzene rings is 2. The lowest BCUT2D eigenvalue weighted by Gasteiger charge is -2.38. The summed E-state index contributed by atoms with van der Waals surface area (Å²) in [6.45, 7) is 6.99. The standard InChI is InChI=1S/C29H32N4O5/c1-14(2)22(27(35)32-23(15(3)4)29(37)38)31-26(34)21-13-19-16-9-7-8-12-20(16)30-24(19)25-17-10-5-6-11-18(17)28(36)33(21)25/h5-12,14-15,21-23,25,30H,13H2,1-4H3,(H,31,34)(H,32,35)(H,37,38)/t21-,22-,23+,25-/m1/s1. The summed E-state index contributed by atoms with van der Waals surface area (Å²) in [5.74, 6) is -3.02. The van der Waals surface area contributed by atoms with Gasteiger partial charge in [0.25, 0.3) is 5.91 Å². The first-order valence-corrected chi connectivity index (χ1v) is 12.9. The maximum Gasteiger partial charge on any atom is 0.326 e. The molecular formula is C29H32N4O5. The van der Waals surface area contributed by atoms with Gasteiger partial charge in [-0.2, -0.15) is 0 Å². The Morgan fingerprint density at radius 1 is 0.947 bits per heavy atom. The Balaban J connectivity index is 1.50. The van der Waals surface area contributed by atoms with Gasteiger partial charge in [-0.05, 0) is 35.1 Å². The molecule has 0 saturated carbocycles. The number of amides is 3. The molecule has 4 N–H and O–H groups in total. The molecule has 0 saturated heterocycles. The van der Waals surface area contributed by atoms with E-state index in [9.17, 15) is 24.3 Å². The summed E-state index contributed by atoms with van der Waals surface area (Å²) in [7, 11) is 0. The molecule has 4 atom stereocenters. The predicted octanol–water partition coefficient (Wildman–Crippen LogP) is 3.00. The molecule has 0 radical (unpaired) electrons. The van der Waals surface area contributed by atoms with Crippen molar-refractivity contribution in [2.45, 2.75) is 58.3 Å². The summed E-state index contributed by atoms with van der Waals surface area (Å²) in [6, 6.07) is 11.9. The summed E-state index contributed by atoms with van der Waals surface area (Å²) in [4.78, 5) is 57.4. The number of carbonyl (C=O) groups excluding carboxylic acids is 3. The average Bonchev–Trinajstić information content (AvgIpc) is 3.40. The van der Waals surface area contributed by atoms with E-state index < -0.39 is 42.0 Å². The van der Waals surface area contributed by atoms with Crippen LogP contribution in [0.4, 0.5) is 0 Å². The topological polar surface area (TPSA) is 132 Å². The normalized spacial score (nSPS) is 19.6. The van der Waals surface area contributed by atoms with E-state index in [1.165, 1.54) is 0 Å². The van der Waals surface area contributed by atoms with Crippen LogP contribution in [0.1, 0.15) is 60.9 Å². The number of fused-ring (bicyclic) bond motifs is 7. The van der Waals surface area contributed by atoms with Crippen LogP contribution in [0.2, 0.25) is 0 Å². The molecule has 3 aromatic rings. The van der Waals surface area contributed by atoms with Gasteiger partial charge in [0.15, 0.2) is 0 Å². The third-order valence-electron chi connectivity index (χ3n) is 7.63. The van der Waals surface area contributed by atoms with Crippen LogP contribution in [-0.2, 0) is 20.8 Å². The molecule has 2 aliphatic heterocycles. The first-order chi connectivity index (χ1) is 18.1. The summed E-state index contributed by atoms with van der Waals surface area (Å²) < 4.78 is 0. The Morgan fingerprint density at radius 3 is 2.29 bits per heavy atom. The minimum Gasteiger partial charge on any atom is -0.480 e. The van der Waals surface area contributed by atoms with E-state index in [1.54, 1.807) is 38.7 Å². The van der Waals surface area contributed by atoms with Crippen molar-refractivity contribution in [2.24, 2.45) is 11.8 Å². The second-order valence-electron chi connectivity index (χ2n) is 10.8. The Morgan fingerprint density at radius 2 is 1.61 bits per heavy atom. The zero-order chi connectivity index (χ0) is 27.3. The van der Waals surface area contributed by atoms with E-state index in [2.05, 4.69) is 15.6 Å². The maximum atomic E-state index is 13.9. The van der Waals surface area contributed by atoms with Crippen molar-refractivity contribution in [3.63, 3.8) is 0 Å². The minimum atomic E-state index is -1.13. The van der Waals surface area contributed by atoms with Crippen molar-refractivity contribution in [3.8, 4) is 0 Å². The molecule has 2 aromatic carbocycles. The van der Waals surface area contributed by atoms with Gasteiger partial charge < -0.3 is 25.6 Å². The van der Waals surface area contributed by atoms with Crippen molar-refractivity contribution in [1.82, 2.24) is 20.5 Å². The van der Waals surface area contributed by atoms with Gasteiger partial charge >= 0.3 is 5.97 Å². The van der Waals surface area contributed by atoms with Crippen LogP contribution >= 0.6 is 0 Å². The molecule has 0 aliphatic carbocycles. The Labute approximate surface area is 220 Å². The molecule has 0 spiro atoms. The molecule has 1 aromatic heterocycles. The van der Waals surface area contributed by atoms with E-state index in [0.717, 1.165) is 27.7 Å². The fraction of sp³-hybridized carbons (Fsp3) is 0.379. The van der Waals surface area contributed by atoms with Gasteiger partial charge in [0, 0.05) is 28.6 Å². The number of aromatic amines is 1. The van der Waals surface area contributed by atoms with Crippen LogP contribution in [0.25, 0.3) is 10.9 Å². The Bertz CT molecular complexity index is 1440. The highest BCUT2D eigenvalue weighted by molar-refractivity contribution is 6.04. The maximum absolute atomic E-state index is 13.9. The highest BCUT2D eigenvalue weighted by Gasteiger charge is 2.49. The molecule has 9 heteroatoms. The smallest absolute Gasteiger partial charge is 0.326 e. The number of nitrogens with zero attached hydrogens (tertiary/aromatic N) is 1. The van der Waals surface area contributed by atoms with Crippen molar-refractivity contribution < 1.29 is 24.3 Å². The van der Waals surface area contributed by atoms with Crippen LogP contribution in [0.15, 0.2) is 48.5 Å². The largest absolute Gasteiger partial charge is 0.480 e.